The molecule has 0 aliphatic carbocycles. The van der Waals surface area contributed by atoms with Gasteiger partial charge in [-0.2, -0.15) is 0 Å². The lowest BCUT2D eigenvalue weighted by molar-refractivity contribution is -0.113. The van der Waals surface area contributed by atoms with Crippen molar-refractivity contribution >= 4 is 57.4 Å². The van der Waals surface area contributed by atoms with Crippen LogP contribution in [0, 0.1) is 41.5 Å². The summed E-state index contributed by atoms with van der Waals surface area (Å²) >= 11 is 0. The van der Waals surface area contributed by atoms with Crippen LogP contribution in [0.2, 0.25) is 0 Å². The molecule has 0 atom stereocenters. The fourth-order valence-corrected chi connectivity index (χ4v) is 7.91. The summed E-state index contributed by atoms with van der Waals surface area (Å²) in [6, 6.07) is 34.5. The molecule has 0 aliphatic rings. The van der Waals surface area contributed by atoms with E-state index in [1.165, 1.54) is 51.4 Å². The van der Waals surface area contributed by atoms with Gasteiger partial charge in [-0.25, -0.2) is 0 Å². The van der Waals surface area contributed by atoms with Crippen molar-refractivity contribution < 1.29 is 24.0 Å². The molecule has 10 nitrogen and oxygen atoms in total. The number of carbonyl (C=O) groups is 5. The maximum absolute atomic E-state index is 11.2. The van der Waals surface area contributed by atoms with E-state index < -0.39 is 0 Å². The molecule has 5 rings (SSSR count). The zero-order chi connectivity index (χ0) is 58.5. The van der Waals surface area contributed by atoms with E-state index >= 15 is 0 Å². The SMILES string of the molecule is CC(=O)/C=C(/C)Nc1c(C(C)C)cc(C)cc1C(C)C.CC(=O)/C=C(/C)Nc1c(C)cc(C)cc1C.CC(=O)/C=C(/C)Nc1ccc(C)cc1.CC(=O)/C=C(/C)Nc1ccccc1.CC(=O)/C=C(/C)Nc1ccccc1C. The van der Waals surface area contributed by atoms with Gasteiger partial charge in [0.1, 0.15) is 0 Å². The minimum atomic E-state index is 0.0564. The van der Waals surface area contributed by atoms with Crippen molar-refractivity contribution in [1.29, 1.82) is 0 Å². The number of benzene rings is 5. The zero-order valence-corrected chi connectivity index (χ0v) is 49.9. The molecule has 5 N–H and O–H groups in total. The second kappa shape index (κ2) is 34.7. The fraction of sp³-hybridized carbons (Fsp3) is 0.328. The van der Waals surface area contributed by atoms with Gasteiger partial charge in [-0.1, -0.05) is 117 Å². The molecule has 0 bridgehead atoms. The summed E-state index contributed by atoms with van der Waals surface area (Å²) in [6.07, 6.45) is 8.01. The van der Waals surface area contributed by atoms with Crippen LogP contribution in [-0.2, 0) is 24.0 Å². The largest absolute Gasteiger partial charge is 0.359 e. The number of allylic oxidation sites excluding steroid dienone is 10. The third-order valence-electron chi connectivity index (χ3n) is 11.0. The molecule has 412 valence electrons. The van der Waals surface area contributed by atoms with E-state index in [4.69, 9.17) is 0 Å². The Morgan fingerprint density at radius 3 is 1.04 bits per heavy atom. The number of hydrogen-bond acceptors (Lipinski definition) is 10. The maximum Gasteiger partial charge on any atom is 0.154 e. The lowest BCUT2D eigenvalue weighted by Gasteiger charge is -2.22. The monoisotopic (exact) mass is 1040 g/mol. The molecular formula is C67H89N5O5. The number of carbonyl (C=O) groups excluding carboxylic acids is 5. The summed E-state index contributed by atoms with van der Waals surface area (Å²) in [6.45, 7) is 38.5. The van der Waals surface area contributed by atoms with Gasteiger partial charge in [-0.05, 0) is 211 Å². The van der Waals surface area contributed by atoms with Crippen LogP contribution in [0.3, 0.4) is 0 Å². The van der Waals surface area contributed by atoms with E-state index in [-0.39, 0.29) is 28.9 Å². The predicted molar refractivity (Wildman–Crippen MR) is 329 cm³/mol. The summed E-state index contributed by atoms with van der Waals surface area (Å²) < 4.78 is 0. The van der Waals surface area contributed by atoms with Crippen molar-refractivity contribution in [2.45, 2.75) is 150 Å². The summed E-state index contributed by atoms with van der Waals surface area (Å²) in [7, 11) is 0. The molecule has 0 unspecified atom stereocenters. The Kier molecular flexibility index (Phi) is 30.2. The fourth-order valence-electron chi connectivity index (χ4n) is 7.91. The summed E-state index contributed by atoms with van der Waals surface area (Å²) in [5.74, 6) is 1.19. The van der Waals surface area contributed by atoms with Gasteiger partial charge in [-0.3, -0.25) is 24.0 Å². The molecule has 77 heavy (non-hydrogen) atoms. The Balaban J connectivity index is 0.000000485. The number of hydrogen-bond donors (Lipinski definition) is 5. The summed E-state index contributed by atoms with van der Waals surface area (Å²) in [4.78, 5) is 54.5. The molecular weight excluding hydrogens is 955 g/mol. The molecule has 0 fully saturated rings. The van der Waals surface area contributed by atoms with Gasteiger partial charge in [0.2, 0.25) is 0 Å². The lowest BCUT2D eigenvalue weighted by atomic mass is 9.90. The highest BCUT2D eigenvalue weighted by Crippen LogP contribution is 2.35. The van der Waals surface area contributed by atoms with Gasteiger partial charge in [0.25, 0.3) is 0 Å². The first-order chi connectivity index (χ1) is 36.0. The van der Waals surface area contributed by atoms with Crippen molar-refractivity contribution in [1.82, 2.24) is 0 Å². The van der Waals surface area contributed by atoms with Crippen molar-refractivity contribution in [3.8, 4) is 0 Å². The van der Waals surface area contributed by atoms with E-state index in [9.17, 15) is 24.0 Å². The minimum Gasteiger partial charge on any atom is -0.359 e. The van der Waals surface area contributed by atoms with E-state index in [1.807, 2.05) is 127 Å². The molecule has 0 aromatic heterocycles. The van der Waals surface area contributed by atoms with Gasteiger partial charge >= 0.3 is 0 Å². The van der Waals surface area contributed by atoms with E-state index in [0.717, 1.165) is 56.9 Å². The molecule has 0 saturated heterocycles. The minimum absolute atomic E-state index is 0.0564. The average Bonchev–Trinajstić information content (AvgIpc) is 3.29. The second-order valence-electron chi connectivity index (χ2n) is 20.3. The topological polar surface area (TPSA) is 146 Å². The number of aryl methyl sites for hydroxylation is 6. The Morgan fingerprint density at radius 2 is 0.662 bits per heavy atom. The van der Waals surface area contributed by atoms with Crippen molar-refractivity contribution in [3.63, 3.8) is 0 Å². The lowest BCUT2D eigenvalue weighted by Crippen LogP contribution is -2.07. The third kappa shape index (κ3) is 29.1. The molecule has 0 radical (unpaired) electrons. The van der Waals surface area contributed by atoms with E-state index in [1.54, 1.807) is 58.1 Å². The highest BCUT2D eigenvalue weighted by atomic mass is 16.1. The number of anilines is 5. The van der Waals surface area contributed by atoms with Crippen LogP contribution in [-0.4, -0.2) is 28.9 Å². The van der Waals surface area contributed by atoms with Crippen molar-refractivity contribution in [3.05, 3.63) is 207 Å². The number of para-hydroxylation sites is 2. The normalized spacial score (nSPS) is 11.5. The van der Waals surface area contributed by atoms with Crippen LogP contribution in [0.25, 0.3) is 0 Å². The van der Waals surface area contributed by atoms with Crippen LogP contribution in [0.15, 0.2) is 162 Å². The first-order valence-electron chi connectivity index (χ1n) is 26.2. The Bertz CT molecular complexity index is 2860. The highest BCUT2D eigenvalue weighted by Gasteiger charge is 2.15. The molecule has 0 aliphatic heterocycles. The molecule has 0 amide bonds. The zero-order valence-electron chi connectivity index (χ0n) is 49.9. The molecule has 5 aromatic rings. The van der Waals surface area contributed by atoms with Crippen LogP contribution in [0.5, 0.6) is 0 Å². The van der Waals surface area contributed by atoms with Gasteiger partial charge in [-0.15, -0.1) is 0 Å². The Labute approximate surface area is 462 Å². The van der Waals surface area contributed by atoms with Gasteiger partial charge in [0.15, 0.2) is 28.9 Å². The van der Waals surface area contributed by atoms with Gasteiger partial charge < -0.3 is 26.6 Å². The average molecular weight is 1040 g/mol. The molecule has 5 aromatic carbocycles. The predicted octanol–water partition coefficient (Wildman–Crippen LogP) is 17.1. The standard InChI is InChI=1S/C18H27NO.C14H19NO.2C12H15NO.C11H13NO/c1-11(2)16-8-13(5)9-17(12(3)4)18(16)19-14(6)10-15(7)20;1-9-6-10(2)14(11(3)7-9)15-12(4)8-13(5)16;1-9-4-6-12(7-5-9)13-10(2)8-11(3)14;1-9-6-4-5-7-12(9)13-10(2)8-11(3)14;1-9(8-10(2)13)12-11-6-4-3-5-7-11/h8-12,19H,1-7H3;6-8,15H,1-5H3;2*4-8,13H,1-3H3;3-8,12H,1-2H3/b14-10-;12-8-;2*10-8-;9-8-. The van der Waals surface area contributed by atoms with E-state index in [0.29, 0.717) is 11.8 Å². The first kappa shape index (κ1) is 67.2. The molecule has 0 heterocycles. The Hall–Kier alpha value is -7.85. The summed E-state index contributed by atoms with van der Waals surface area (Å²) in [5.41, 5.74) is 19.6. The Morgan fingerprint density at radius 1 is 0.338 bits per heavy atom. The number of rotatable bonds is 17. The smallest absolute Gasteiger partial charge is 0.154 e. The van der Waals surface area contributed by atoms with Crippen LogP contribution < -0.4 is 26.6 Å². The quantitative estimate of drug-likeness (QED) is 0.0571. The van der Waals surface area contributed by atoms with Gasteiger partial charge in [0, 0.05) is 56.9 Å². The van der Waals surface area contributed by atoms with Gasteiger partial charge in [0.05, 0.1) is 0 Å². The molecule has 0 spiro atoms. The molecule has 0 saturated carbocycles. The maximum atomic E-state index is 11.2. The van der Waals surface area contributed by atoms with Crippen molar-refractivity contribution in [2.24, 2.45) is 0 Å². The van der Waals surface area contributed by atoms with Crippen molar-refractivity contribution in [2.75, 3.05) is 26.6 Å². The van der Waals surface area contributed by atoms with E-state index in [2.05, 4.69) is 106 Å². The molecule has 10 heteroatoms. The third-order valence-corrected chi connectivity index (χ3v) is 11.0. The number of ketones is 5. The highest BCUT2D eigenvalue weighted by molar-refractivity contribution is 5.90. The van der Waals surface area contributed by atoms with Crippen LogP contribution in [0.1, 0.15) is 153 Å². The van der Waals surface area contributed by atoms with Crippen LogP contribution in [0.4, 0.5) is 28.4 Å². The summed E-state index contributed by atoms with van der Waals surface area (Å²) in [5, 5.41) is 16.2. The van der Waals surface area contributed by atoms with Crippen LogP contribution >= 0.6 is 0 Å². The second-order valence-corrected chi connectivity index (χ2v) is 20.3. The first-order valence-corrected chi connectivity index (χ1v) is 26.2. The number of nitrogens with one attached hydrogen (secondary N) is 5.